The van der Waals surface area contributed by atoms with Crippen LogP contribution < -0.4 is 55.1 Å². The number of para-hydroxylation sites is 1. The molecule has 584 valence electrons. The van der Waals surface area contributed by atoms with Crippen LogP contribution in [0.5, 0.6) is 28.7 Å². The number of methoxy groups -OCH3 is 3. The van der Waals surface area contributed by atoms with Crippen LogP contribution in [0.25, 0.3) is 17.0 Å². The molecule has 1 saturated heterocycles. The summed E-state index contributed by atoms with van der Waals surface area (Å²) in [6.07, 6.45) is 5.45. The lowest BCUT2D eigenvalue weighted by Crippen LogP contribution is -2.50. The predicted octanol–water partition coefficient (Wildman–Crippen LogP) is 11.2. The number of unbranched alkanes of at least 4 members (excludes halogenated alkanes) is 2. The van der Waals surface area contributed by atoms with Gasteiger partial charge >= 0.3 is 6.09 Å². The van der Waals surface area contributed by atoms with Crippen molar-refractivity contribution in [3.63, 3.8) is 0 Å². The number of ketones is 3. The number of hydrogen-bond donors (Lipinski definition) is 5. The van der Waals surface area contributed by atoms with Gasteiger partial charge in [-0.25, -0.2) is 9.69 Å². The number of Topliss-reactive ketones (excluding diaryl/α,β-unsaturated/α-hetero) is 3. The number of anilines is 2. The maximum atomic E-state index is 14.5. The number of ether oxygens (including phenoxy) is 6. The number of amides is 6. The van der Waals surface area contributed by atoms with Gasteiger partial charge in [0.15, 0.2) is 40.8 Å². The Hall–Kier alpha value is -11.1. The lowest BCUT2D eigenvalue weighted by molar-refractivity contribution is -0.133. The molecule has 111 heavy (non-hydrogen) atoms. The monoisotopic (exact) mass is 1510 g/mol. The number of hydrazine groups is 2. The molecule has 1 spiro atoms. The number of rotatable bonds is 31. The molecule has 2 fully saturated rings. The highest BCUT2D eigenvalue weighted by molar-refractivity contribution is 6.07. The van der Waals surface area contributed by atoms with Crippen molar-refractivity contribution >= 4 is 81.3 Å². The lowest BCUT2D eigenvalue weighted by atomic mass is 9.89. The Kier molecular flexibility index (Phi) is 24.0. The number of carbonyl (C=O) groups excluding carboxylic acids is 9. The van der Waals surface area contributed by atoms with Crippen LogP contribution in [0.15, 0.2) is 128 Å². The zero-order valence-electron chi connectivity index (χ0n) is 64.3. The minimum Gasteiger partial charge on any atom is -0.497 e. The van der Waals surface area contributed by atoms with Crippen molar-refractivity contribution in [3.05, 3.63) is 178 Å². The molecule has 6 aliphatic heterocycles. The van der Waals surface area contributed by atoms with Gasteiger partial charge in [-0.05, 0) is 160 Å². The van der Waals surface area contributed by atoms with Gasteiger partial charge < -0.3 is 64.3 Å². The number of fused-ring (bicyclic) bond motifs is 8. The first-order valence-corrected chi connectivity index (χ1v) is 38.6. The number of benzene rings is 6. The first-order chi connectivity index (χ1) is 53.5. The van der Waals surface area contributed by atoms with Crippen molar-refractivity contribution in [1.82, 2.24) is 36.4 Å². The molecule has 25 nitrogen and oxygen atoms in total. The molecule has 0 radical (unpaired) electrons. The quantitative estimate of drug-likeness (QED) is 0.0253. The van der Waals surface area contributed by atoms with Crippen molar-refractivity contribution < 1.29 is 76.7 Å². The SMILES string of the molecule is COc1ccc(C2=CN3C(=O)c4cc(OC)c(OCCCCCOc5cc6c(cc5OC)C(=O)N5CC7(CC7)C[C@H]5[C@H](O)N6C(=O)OCc5ccc(CC(=O)[C@H](C)NC(=O)[C@@H](CC(=O)CNC(=O)CCC(=O)CCC(=O)N6Cc7ccccc7C7=C(c8ccccc86)N(C(C)C)NN7)C(C)C)cc5)cc4CC[C@@H]3C2)cc1. The Bertz CT molecular complexity index is 4630. The van der Waals surface area contributed by atoms with E-state index in [1.807, 2.05) is 95.0 Å². The molecule has 6 heterocycles. The van der Waals surface area contributed by atoms with Gasteiger partial charge in [0.1, 0.15) is 18.1 Å². The van der Waals surface area contributed by atoms with Crippen LogP contribution in [0.4, 0.5) is 16.2 Å². The Morgan fingerprint density at radius 2 is 1.35 bits per heavy atom. The third kappa shape index (κ3) is 17.3. The number of hydrogen-bond acceptors (Lipinski definition) is 19. The van der Waals surface area contributed by atoms with Gasteiger partial charge in [0.2, 0.25) is 17.7 Å². The first-order valence-electron chi connectivity index (χ1n) is 38.6. The fourth-order valence-electron chi connectivity index (χ4n) is 15.8. The number of aliphatic hydroxyl groups is 1. The third-order valence-corrected chi connectivity index (χ3v) is 22.4. The smallest absolute Gasteiger partial charge is 0.416 e. The van der Waals surface area contributed by atoms with E-state index in [1.165, 1.54) is 7.11 Å². The predicted molar refractivity (Wildman–Crippen MR) is 416 cm³/mol. The van der Waals surface area contributed by atoms with Crippen molar-refractivity contribution in [2.75, 3.05) is 57.4 Å². The van der Waals surface area contributed by atoms with E-state index in [9.17, 15) is 48.3 Å². The molecule has 6 aromatic rings. The molecule has 6 amide bonds. The van der Waals surface area contributed by atoms with Crippen molar-refractivity contribution in [1.29, 1.82) is 0 Å². The number of nitrogens with zero attached hydrogens (tertiary/aromatic N) is 5. The molecule has 6 aromatic carbocycles. The van der Waals surface area contributed by atoms with Crippen LogP contribution in [0.3, 0.4) is 0 Å². The Labute approximate surface area is 646 Å². The van der Waals surface area contributed by atoms with Gasteiger partial charge in [-0.15, -0.1) is 5.53 Å². The Morgan fingerprint density at radius 1 is 0.676 bits per heavy atom. The van der Waals surface area contributed by atoms with E-state index < -0.39 is 47.9 Å². The summed E-state index contributed by atoms with van der Waals surface area (Å²) in [4.78, 5) is 130. The number of carbonyl (C=O) groups is 9. The van der Waals surface area contributed by atoms with Crippen LogP contribution in [0.2, 0.25) is 0 Å². The van der Waals surface area contributed by atoms with E-state index in [1.54, 1.807) is 87.3 Å². The van der Waals surface area contributed by atoms with E-state index in [2.05, 4.69) is 35.4 Å². The fraction of sp³-hybridized carbons (Fsp3) is 0.430. The standard InChI is InChI=1S/C86H99N9O16/c1-51(2)66(41-62(97)46-87-77(99)32-28-61(96)29-33-78(100)92-47-58-16-10-11-17-64(58)79-80(95(52(3)4)90-89-79)65-18-12-13-19-69(65)92)81(101)88-53(5)72(98)38-54-20-22-55(23-21-54)49-111-85(105)94-70-44-76(74(108-8)43-68(70)83(103)93-50-86(34-35-86)45-71(93)84(94)104)110-37-15-9-14-36-109-75-40-57-24-27-60-39-59(56-25-30-63(106-6)31-26-56)48-91(60)82(102)67(57)42-73(75)107-7/h10-13,16-23,25-26,30-31,40,42-44,48,51-53,60,66,71,84,89-90,104H,9,14-15,24,27-29,32-39,41,45-47,49-50H2,1-8H3,(H,87,99)(H,88,101)/t53-,60+,66-,71-,84-/m0/s1. The second-order valence-electron chi connectivity index (χ2n) is 30.6. The van der Waals surface area contributed by atoms with Gasteiger partial charge in [0.25, 0.3) is 11.8 Å². The number of aliphatic hydroxyl groups excluding tert-OH is 1. The summed E-state index contributed by atoms with van der Waals surface area (Å²) in [7, 11) is 4.67. The fourth-order valence-corrected chi connectivity index (χ4v) is 15.8. The first kappa shape index (κ1) is 78.1. The maximum Gasteiger partial charge on any atom is 0.416 e. The van der Waals surface area contributed by atoms with Gasteiger partial charge in [-0.2, -0.15) is 0 Å². The minimum atomic E-state index is -1.46. The molecule has 5 N–H and O–H groups in total. The zero-order valence-corrected chi connectivity index (χ0v) is 64.3. The Morgan fingerprint density at radius 3 is 2.05 bits per heavy atom. The molecular weight excluding hydrogens is 1410 g/mol. The summed E-state index contributed by atoms with van der Waals surface area (Å²) >= 11 is 0. The van der Waals surface area contributed by atoms with Crippen LogP contribution in [-0.4, -0.2) is 151 Å². The molecule has 0 unspecified atom stereocenters. The topological polar surface area (TPSA) is 294 Å². The summed E-state index contributed by atoms with van der Waals surface area (Å²) in [5.74, 6) is -1.42. The Balaban J connectivity index is 0.556. The van der Waals surface area contributed by atoms with E-state index in [-0.39, 0.29) is 140 Å². The van der Waals surface area contributed by atoms with E-state index in [4.69, 9.17) is 28.4 Å². The van der Waals surface area contributed by atoms with Gasteiger partial charge in [-0.3, -0.25) is 43.4 Å². The number of nitrogens with one attached hydrogen (secondary N) is 4. The average Bonchev–Trinajstić information content (AvgIpc) is 1.57. The normalized spacial score (nSPS) is 18.3. The summed E-state index contributed by atoms with van der Waals surface area (Å²) in [6, 6.07) is 35.6. The van der Waals surface area contributed by atoms with Gasteiger partial charge in [-0.1, -0.05) is 92.7 Å². The molecule has 1 saturated carbocycles. The molecule has 0 bridgehead atoms. The van der Waals surface area contributed by atoms with Crippen LogP contribution in [0.1, 0.15) is 178 Å². The molecule has 13 rings (SSSR count). The van der Waals surface area contributed by atoms with Crippen molar-refractivity contribution in [2.45, 2.75) is 174 Å². The van der Waals surface area contributed by atoms with Crippen LogP contribution >= 0.6 is 0 Å². The zero-order chi connectivity index (χ0) is 78.4. The van der Waals surface area contributed by atoms with Crippen molar-refractivity contribution in [3.8, 4) is 28.7 Å². The highest BCUT2D eigenvalue weighted by Gasteiger charge is 2.58. The maximum absolute atomic E-state index is 14.5. The lowest BCUT2D eigenvalue weighted by Gasteiger charge is -2.32. The van der Waals surface area contributed by atoms with Gasteiger partial charge in [0.05, 0.1) is 88.0 Å². The second kappa shape index (κ2) is 34.1. The summed E-state index contributed by atoms with van der Waals surface area (Å²) in [5, 5.41) is 19.6. The second-order valence-corrected chi connectivity index (χ2v) is 30.6. The van der Waals surface area contributed by atoms with E-state index in [0.29, 0.717) is 79.1 Å². The highest BCUT2D eigenvalue weighted by Crippen LogP contribution is 2.57. The highest BCUT2D eigenvalue weighted by atomic mass is 16.6. The summed E-state index contributed by atoms with van der Waals surface area (Å²) in [5.41, 5.74) is 16.9. The molecule has 5 atom stereocenters. The average molecular weight is 1510 g/mol. The van der Waals surface area contributed by atoms with Crippen LogP contribution in [0, 0.1) is 17.3 Å². The molecule has 7 aliphatic rings. The molecule has 1 aliphatic carbocycles. The molecule has 0 aromatic heterocycles. The molecular formula is C86H99N9O16. The molecule has 25 heteroatoms. The van der Waals surface area contributed by atoms with E-state index >= 15 is 0 Å². The van der Waals surface area contributed by atoms with Crippen molar-refractivity contribution in [2.24, 2.45) is 17.3 Å². The van der Waals surface area contributed by atoms with Gasteiger partial charge in [0, 0.05) is 92.0 Å². The third-order valence-electron chi connectivity index (χ3n) is 22.4. The largest absolute Gasteiger partial charge is 0.497 e. The van der Waals surface area contributed by atoms with Crippen LogP contribution in [-0.2, 0) is 59.5 Å². The van der Waals surface area contributed by atoms with E-state index in [0.717, 1.165) is 81.1 Å². The summed E-state index contributed by atoms with van der Waals surface area (Å²) < 4.78 is 35.5. The number of aryl methyl sites for hydroxylation is 1. The minimum absolute atomic E-state index is 0.0373. The summed E-state index contributed by atoms with van der Waals surface area (Å²) in [6.45, 7) is 10.0.